The molecule has 0 radical (unpaired) electrons. The van der Waals surface area contributed by atoms with Crippen LogP contribution in [0.1, 0.15) is 32.6 Å². The van der Waals surface area contributed by atoms with Crippen molar-refractivity contribution < 1.29 is 8.42 Å². The molecule has 94 valence electrons. The zero-order chi connectivity index (χ0) is 11.8. The van der Waals surface area contributed by atoms with Crippen molar-refractivity contribution in [3.63, 3.8) is 0 Å². The molecule has 2 atom stereocenters. The Labute approximate surface area is 98.1 Å². The zero-order valence-electron chi connectivity index (χ0n) is 9.93. The molecule has 2 N–H and O–H groups in total. The second-order valence-electron chi connectivity index (χ2n) is 5.25. The first-order valence-electron chi connectivity index (χ1n) is 6.20. The Morgan fingerprint density at radius 1 is 1.19 bits per heavy atom. The van der Waals surface area contributed by atoms with Gasteiger partial charge in [-0.3, -0.25) is 4.90 Å². The van der Waals surface area contributed by atoms with Crippen molar-refractivity contribution in [3.05, 3.63) is 0 Å². The molecule has 4 nitrogen and oxygen atoms in total. The number of nitrogens with two attached hydrogens (primary N) is 1. The summed E-state index contributed by atoms with van der Waals surface area (Å²) in [7, 11) is -2.73. The van der Waals surface area contributed by atoms with Gasteiger partial charge in [0.25, 0.3) is 0 Å². The molecule has 2 fully saturated rings. The minimum atomic E-state index is -2.73. The van der Waals surface area contributed by atoms with Crippen LogP contribution in [-0.4, -0.2) is 49.5 Å². The fourth-order valence-corrected chi connectivity index (χ4v) is 4.44. The topological polar surface area (TPSA) is 63.4 Å². The lowest BCUT2D eigenvalue weighted by atomic mass is 9.95. The molecule has 2 aliphatic rings. The number of likely N-dealkylation sites (tertiary alicyclic amines) is 1. The van der Waals surface area contributed by atoms with Crippen molar-refractivity contribution in [2.75, 3.05) is 18.1 Å². The minimum Gasteiger partial charge on any atom is -0.328 e. The Morgan fingerprint density at radius 3 is 2.38 bits per heavy atom. The molecule has 0 aromatic carbocycles. The SMILES string of the molecule is CC1CC(N)CCN1C1CCS(=O)(=O)CC1. The van der Waals surface area contributed by atoms with Gasteiger partial charge in [-0.1, -0.05) is 0 Å². The summed E-state index contributed by atoms with van der Waals surface area (Å²) in [6.45, 7) is 3.25. The van der Waals surface area contributed by atoms with Crippen LogP contribution >= 0.6 is 0 Å². The van der Waals surface area contributed by atoms with Gasteiger partial charge in [-0.2, -0.15) is 0 Å². The van der Waals surface area contributed by atoms with Crippen LogP contribution in [-0.2, 0) is 9.84 Å². The molecule has 0 aliphatic carbocycles. The third kappa shape index (κ3) is 2.76. The van der Waals surface area contributed by atoms with E-state index in [1.54, 1.807) is 0 Å². The Kier molecular flexibility index (Phi) is 3.56. The summed E-state index contributed by atoms with van der Waals surface area (Å²) in [5.74, 6) is 0.736. The summed E-state index contributed by atoms with van der Waals surface area (Å²) in [6, 6.07) is 1.30. The largest absolute Gasteiger partial charge is 0.328 e. The number of piperidine rings is 1. The van der Waals surface area contributed by atoms with Crippen LogP contribution in [0.25, 0.3) is 0 Å². The molecule has 2 saturated heterocycles. The van der Waals surface area contributed by atoms with Gasteiger partial charge in [0.2, 0.25) is 0 Å². The number of hydrogen-bond acceptors (Lipinski definition) is 4. The van der Waals surface area contributed by atoms with E-state index in [1.165, 1.54) is 0 Å². The van der Waals surface area contributed by atoms with Crippen LogP contribution in [0.5, 0.6) is 0 Å². The van der Waals surface area contributed by atoms with Gasteiger partial charge in [0.05, 0.1) is 11.5 Å². The summed E-state index contributed by atoms with van der Waals surface area (Å²) in [6.07, 6.45) is 3.71. The average Bonchev–Trinajstić information content (AvgIpc) is 2.19. The highest BCUT2D eigenvalue weighted by atomic mass is 32.2. The van der Waals surface area contributed by atoms with E-state index in [0.717, 1.165) is 32.2 Å². The van der Waals surface area contributed by atoms with Gasteiger partial charge in [0.15, 0.2) is 0 Å². The van der Waals surface area contributed by atoms with Gasteiger partial charge in [0.1, 0.15) is 9.84 Å². The third-order valence-corrected chi connectivity index (χ3v) is 5.68. The predicted molar refractivity (Wildman–Crippen MR) is 65.1 cm³/mol. The molecule has 0 saturated carbocycles. The standard InChI is InChI=1S/C11H22N2O2S/c1-9-8-10(12)2-5-13(9)11-3-6-16(14,15)7-4-11/h9-11H,2-8,12H2,1H3. The Bertz CT molecular complexity index is 328. The predicted octanol–water partition coefficient (Wildman–Crippen LogP) is 0.375. The first-order chi connectivity index (χ1) is 7.48. The van der Waals surface area contributed by atoms with E-state index in [4.69, 9.17) is 5.73 Å². The second-order valence-corrected chi connectivity index (χ2v) is 7.56. The van der Waals surface area contributed by atoms with Gasteiger partial charge < -0.3 is 5.73 Å². The molecular formula is C11H22N2O2S. The lowest BCUT2D eigenvalue weighted by Gasteiger charge is -2.43. The van der Waals surface area contributed by atoms with Crippen LogP contribution in [0, 0.1) is 0 Å². The lowest BCUT2D eigenvalue weighted by molar-refractivity contribution is 0.0896. The van der Waals surface area contributed by atoms with Crippen molar-refractivity contribution in [1.29, 1.82) is 0 Å². The van der Waals surface area contributed by atoms with E-state index in [9.17, 15) is 8.42 Å². The molecule has 5 heteroatoms. The summed E-state index contributed by atoms with van der Waals surface area (Å²) in [5, 5.41) is 0. The second kappa shape index (κ2) is 4.63. The molecule has 16 heavy (non-hydrogen) atoms. The highest BCUT2D eigenvalue weighted by Crippen LogP contribution is 2.25. The van der Waals surface area contributed by atoms with E-state index in [0.29, 0.717) is 29.6 Å². The molecule has 0 spiro atoms. The Balaban J connectivity index is 1.94. The highest BCUT2D eigenvalue weighted by molar-refractivity contribution is 7.91. The fraction of sp³-hybridized carbons (Fsp3) is 1.00. The number of sulfone groups is 1. The molecule has 0 aromatic rings. The monoisotopic (exact) mass is 246 g/mol. The maximum Gasteiger partial charge on any atom is 0.150 e. The Morgan fingerprint density at radius 2 is 1.81 bits per heavy atom. The molecule has 2 unspecified atom stereocenters. The molecular weight excluding hydrogens is 224 g/mol. The normalized spacial score (nSPS) is 37.4. The van der Waals surface area contributed by atoms with Gasteiger partial charge in [-0.15, -0.1) is 0 Å². The fourth-order valence-electron chi connectivity index (χ4n) is 2.98. The van der Waals surface area contributed by atoms with E-state index >= 15 is 0 Å². The molecule has 0 bridgehead atoms. The van der Waals surface area contributed by atoms with Crippen molar-refractivity contribution in [2.45, 2.75) is 50.7 Å². The lowest BCUT2D eigenvalue weighted by Crippen LogP contribution is -2.52. The van der Waals surface area contributed by atoms with Crippen molar-refractivity contribution in [1.82, 2.24) is 4.90 Å². The van der Waals surface area contributed by atoms with Crippen LogP contribution < -0.4 is 5.73 Å². The van der Waals surface area contributed by atoms with E-state index in [1.807, 2.05) is 0 Å². The number of rotatable bonds is 1. The number of hydrogen-bond donors (Lipinski definition) is 1. The maximum absolute atomic E-state index is 11.4. The van der Waals surface area contributed by atoms with Crippen molar-refractivity contribution in [3.8, 4) is 0 Å². The van der Waals surface area contributed by atoms with E-state index < -0.39 is 9.84 Å². The first kappa shape index (κ1) is 12.3. The maximum atomic E-state index is 11.4. The highest BCUT2D eigenvalue weighted by Gasteiger charge is 2.32. The average molecular weight is 246 g/mol. The zero-order valence-corrected chi connectivity index (χ0v) is 10.7. The number of nitrogens with zero attached hydrogens (tertiary/aromatic N) is 1. The quantitative estimate of drug-likeness (QED) is 0.726. The van der Waals surface area contributed by atoms with E-state index in [2.05, 4.69) is 11.8 Å². The van der Waals surface area contributed by atoms with Gasteiger partial charge in [0, 0.05) is 24.7 Å². The van der Waals surface area contributed by atoms with Gasteiger partial charge in [-0.25, -0.2) is 8.42 Å². The van der Waals surface area contributed by atoms with Gasteiger partial charge >= 0.3 is 0 Å². The summed E-state index contributed by atoms with van der Waals surface area (Å²) >= 11 is 0. The van der Waals surface area contributed by atoms with Crippen LogP contribution in [0.15, 0.2) is 0 Å². The molecule has 2 aliphatic heterocycles. The summed E-state index contributed by atoms with van der Waals surface area (Å²) < 4.78 is 22.7. The smallest absolute Gasteiger partial charge is 0.150 e. The first-order valence-corrected chi connectivity index (χ1v) is 8.02. The third-order valence-electron chi connectivity index (χ3n) is 3.96. The van der Waals surface area contributed by atoms with Gasteiger partial charge in [-0.05, 0) is 32.6 Å². The van der Waals surface area contributed by atoms with E-state index in [-0.39, 0.29) is 0 Å². The molecule has 2 heterocycles. The van der Waals surface area contributed by atoms with Crippen LogP contribution in [0.4, 0.5) is 0 Å². The van der Waals surface area contributed by atoms with Crippen LogP contribution in [0.2, 0.25) is 0 Å². The van der Waals surface area contributed by atoms with Crippen LogP contribution in [0.3, 0.4) is 0 Å². The summed E-state index contributed by atoms with van der Waals surface area (Å²) in [5.41, 5.74) is 5.94. The molecule has 0 aromatic heterocycles. The summed E-state index contributed by atoms with van der Waals surface area (Å²) in [4.78, 5) is 2.47. The Hall–Kier alpha value is -0.130. The molecule has 0 amide bonds. The molecule has 2 rings (SSSR count). The van der Waals surface area contributed by atoms with Crippen molar-refractivity contribution in [2.24, 2.45) is 5.73 Å². The van der Waals surface area contributed by atoms with Crippen molar-refractivity contribution >= 4 is 9.84 Å². The minimum absolute atomic E-state index is 0.332.